The SMILES string of the molecule is O[C@H](COc1ccc(F)cc1)CN1CCC[C@H](O)C1. The van der Waals surface area contributed by atoms with E-state index in [4.69, 9.17) is 4.74 Å². The van der Waals surface area contributed by atoms with Gasteiger partial charge in [0.15, 0.2) is 0 Å². The maximum atomic E-state index is 12.7. The fourth-order valence-corrected chi connectivity index (χ4v) is 2.27. The molecule has 2 N–H and O–H groups in total. The van der Waals surface area contributed by atoms with E-state index in [0.717, 1.165) is 19.4 Å². The first-order chi connectivity index (χ1) is 9.13. The van der Waals surface area contributed by atoms with Crippen molar-refractivity contribution in [1.82, 2.24) is 4.90 Å². The maximum Gasteiger partial charge on any atom is 0.123 e. The van der Waals surface area contributed by atoms with Crippen LogP contribution < -0.4 is 4.74 Å². The topological polar surface area (TPSA) is 52.9 Å². The molecule has 1 aliphatic rings. The Morgan fingerprint density at radius 1 is 1.37 bits per heavy atom. The Labute approximate surface area is 112 Å². The number of ether oxygens (including phenoxy) is 1. The molecule has 0 bridgehead atoms. The molecule has 0 radical (unpaired) electrons. The van der Waals surface area contributed by atoms with Crippen molar-refractivity contribution in [3.63, 3.8) is 0 Å². The fraction of sp³-hybridized carbons (Fsp3) is 0.571. The summed E-state index contributed by atoms with van der Waals surface area (Å²) in [5.74, 6) is 0.231. The van der Waals surface area contributed by atoms with E-state index in [-0.39, 0.29) is 18.5 Å². The summed E-state index contributed by atoms with van der Waals surface area (Å²) in [6.45, 7) is 2.15. The third-order valence-electron chi connectivity index (χ3n) is 3.21. The average Bonchev–Trinajstić information content (AvgIpc) is 2.38. The Kier molecular flexibility index (Phi) is 5.13. The Morgan fingerprint density at radius 3 is 2.79 bits per heavy atom. The summed E-state index contributed by atoms with van der Waals surface area (Å²) in [7, 11) is 0. The van der Waals surface area contributed by atoms with Crippen LogP contribution in [0.4, 0.5) is 4.39 Å². The first kappa shape index (κ1) is 14.2. The van der Waals surface area contributed by atoms with E-state index in [1.165, 1.54) is 24.3 Å². The third kappa shape index (κ3) is 4.78. The highest BCUT2D eigenvalue weighted by Crippen LogP contribution is 2.13. The number of nitrogens with zero attached hydrogens (tertiary/aromatic N) is 1. The highest BCUT2D eigenvalue weighted by molar-refractivity contribution is 5.22. The Balaban J connectivity index is 1.72. The van der Waals surface area contributed by atoms with Gasteiger partial charge < -0.3 is 14.9 Å². The first-order valence-corrected chi connectivity index (χ1v) is 6.60. The molecule has 0 amide bonds. The van der Waals surface area contributed by atoms with Crippen molar-refractivity contribution in [2.45, 2.75) is 25.0 Å². The second kappa shape index (κ2) is 6.84. The molecule has 0 unspecified atom stereocenters. The van der Waals surface area contributed by atoms with Crippen LogP contribution in [-0.2, 0) is 0 Å². The van der Waals surface area contributed by atoms with Crippen LogP contribution in [-0.4, -0.2) is 53.6 Å². The van der Waals surface area contributed by atoms with Crippen LogP contribution in [0.25, 0.3) is 0 Å². The first-order valence-electron chi connectivity index (χ1n) is 6.60. The normalized spacial score (nSPS) is 22.2. The van der Waals surface area contributed by atoms with Crippen molar-refractivity contribution < 1.29 is 19.3 Å². The second-order valence-corrected chi connectivity index (χ2v) is 4.97. The number of β-amino-alcohol motifs (C(OH)–C–C–N with tert-alkyl or cyclic N) is 2. The third-order valence-corrected chi connectivity index (χ3v) is 3.21. The van der Waals surface area contributed by atoms with Gasteiger partial charge in [0.25, 0.3) is 0 Å². The fourth-order valence-electron chi connectivity index (χ4n) is 2.27. The van der Waals surface area contributed by atoms with Gasteiger partial charge in [0.2, 0.25) is 0 Å². The number of aliphatic hydroxyl groups excluding tert-OH is 2. The van der Waals surface area contributed by atoms with Crippen molar-refractivity contribution in [1.29, 1.82) is 0 Å². The molecule has 1 aromatic rings. The number of halogens is 1. The molecule has 1 aromatic carbocycles. The summed E-state index contributed by atoms with van der Waals surface area (Å²) < 4.78 is 18.1. The molecule has 106 valence electrons. The number of hydrogen-bond donors (Lipinski definition) is 2. The minimum absolute atomic E-state index is 0.165. The molecule has 0 saturated carbocycles. The smallest absolute Gasteiger partial charge is 0.123 e. The van der Waals surface area contributed by atoms with Crippen LogP contribution >= 0.6 is 0 Å². The van der Waals surface area contributed by atoms with Gasteiger partial charge in [-0.3, -0.25) is 4.90 Å². The summed E-state index contributed by atoms with van der Waals surface area (Å²) in [6.07, 6.45) is 0.875. The minimum Gasteiger partial charge on any atom is -0.491 e. The Hall–Kier alpha value is -1.17. The number of piperidine rings is 1. The number of benzene rings is 1. The molecular formula is C14H20FNO3. The standard InChI is InChI=1S/C14H20FNO3/c15-11-3-5-14(6-4-11)19-10-13(18)9-16-7-1-2-12(17)8-16/h3-6,12-13,17-18H,1-2,7-10H2/t12-,13-/m0/s1. The van der Waals surface area contributed by atoms with Crippen molar-refractivity contribution >= 4 is 0 Å². The molecule has 19 heavy (non-hydrogen) atoms. The van der Waals surface area contributed by atoms with Gasteiger partial charge in [-0.1, -0.05) is 0 Å². The van der Waals surface area contributed by atoms with Gasteiger partial charge >= 0.3 is 0 Å². The number of hydrogen-bond acceptors (Lipinski definition) is 4. The van der Waals surface area contributed by atoms with E-state index < -0.39 is 6.10 Å². The lowest BCUT2D eigenvalue weighted by atomic mass is 10.1. The van der Waals surface area contributed by atoms with Gasteiger partial charge in [-0.15, -0.1) is 0 Å². The van der Waals surface area contributed by atoms with Gasteiger partial charge in [0.1, 0.15) is 24.3 Å². The second-order valence-electron chi connectivity index (χ2n) is 4.97. The summed E-state index contributed by atoms with van der Waals surface area (Å²) in [5, 5.41) is 19.4. The van der Waals surface area contributed by atoms with E-state index in [9.17, 15) is 14.6 Å². The van der Waals surface area contributed by atoms with Crippen molar-refractivity contribution in [3.05, 3.63) is 30.1 Å². The largest absolute Gasteiger partial charge is 0.491 e. The van der Waals surface area contributed by atoms with Crippen molar-refractivity contribution in [2.75, 3.05) is 26.2 Å². The molecule has 1 fully saturated rings. The predicted octanol–water partition coefficient (Wildman–Crippen LogP) is 1.02. The van der Waals surface area contributed by atoms with Gasteiger partial charge in [0.05, 0.1) is 6.10 Å². The minimum atomic E-state index is -0.615. The van der Waals surface area contributed by atoms with E-state index in [1.807, 2.05) is 4.90 Å². The Bertz CT molecular complexity index is 385. The zero-order valence-electron chi connectivity index (χ0n) is 10.8. The molecule has 0 aromatic heterocycles. The highest BCUT2D eigenvalue weighted by Gasteiger charge is 2.20. The lowest BCUT2D eigenvalue weighted by Crippen LogP contribution is -2.43. The number of likely N-dealkylation sites (tertiary alicyclic amines) is 1. The van der Waals surface area contributed by atoms with Crippen LogP contribution in [0.3, 0.4) is 0 Å². The predicted molar refractivity (Wildman–Crippen MR) is 69.6 cm³/mol. The lowest BCUT2D eigenvalue weighted by molar-refractivity contribution is 0.0243. The summed E-state index contributed by atoms with van der Waals surface area (Å²) >= 11 is 0. The lowest BCUT2D eigenvalue weighted by Gasteiger charge is -2.31. The Morgan fingerprint density at radius 2 is 2.11 bits per heavy atom. The molecule has 1 saturated heterocycles. The molecule has 2 rings (SSSR count). The molecule has 5 heteroatoms. The summed E-state index contributed by atoms with van der Waals surface area (Å²) in [5.41, 5.74) is 0. The van der Waals surface area contributed by atoms with E-state index in [1.54, 1.807) is 0 Å². The summed E-state index contributed by atoms with van der Waals surface area (Å²) in [6, 6.07) is 5.71. The van der Waals surface area contributed by atoms with Crippen molar-refractivity contribution in [2.24, 2.45) is 0 Å². The van der Waals surface area contributed by atoms with E-state index in [2.05, 4.69) is 0 Å². The summed E-state index contributed by atoms with van der Waals surface area (Å²) in [4.78, 5) is 2.03. The van der Waals surface area contributed by atoms with Gasteiger partial charge in [0, 0.05) is 13.1 Å². The van der Waals surface area contributed by atoms with Crippen LogP contribution in [0.5, 0.6) is 5.75 Å². The van der Waals surface area contributed by atoms with Crippen molar-refractivity contribution in [3.8, 4) is 5.75 Å². The average molecular weight is 269 g/mol. The molecule has 0 aliphatic carbocycles. The highest BCUT2D eigenvalue weighted by atomic mass is 19.1. The van der Waals surface area contributed by atoms with Gasteiger partial charge in [-0.25, -0.2) is 4.39 Å². The molecule has 0 spiro atoms. The van der Waals surface area contributed by atoms with E-state index >= 15 is 0 Å². The van der Waals surface area contributed by atoms with Gasteiger partial charge in [-0.2, -0.15) is 0 Å². The quantitative estimate of drug-likeness (QED) is 0.838. The maximum absolute atomic E-state index is 12.7. The monoisotopic (exact) mass is 269 g/mol. The van der Waals surface area contributed by atoms with Crippen LogP contribution in [0.1, 0.15) is 12.8 Å². The molecule has 1 aliphatic heterocycles. The number of aliphatic hydroxyl groups is 2. The molecule has 1 heterocycles. The van der Waals surface area contributed by atoms with E-state index in [0.29, 0.717) is 18.8 Å². The zero-order chi connectivity index (χ0) is 13.7. The molecular weight excluding hydrogens is 249 g/mol. The number of rotatable bonds is 5. The van der Waals surface area contributed by atoms with Crippen LogP contribution in [0.2, 0.25) is 0 Å². The zero-order valence-corrected chi connectivity index (χ0v) is 10.8. The van der Waals surface area contributed by atoms with Crippen LogP contribution in [0.15, 0.2) is 24.3 Å². The van der Waals surface area contributed by atoms with Crippen LogP contribution in [0, 0.1) is 5.82 Å². The van der Waals surface area contributed by atoms with Gasteiger partial charge in [-0.05, 0) is 43.7 Å². The molecule has 4 nitrogen and oxygen atoms in total. The molecule has 2 atom stereocenters.